The van der Waals surface area contributed by atoms with E-state index in [0.29, 0.717) is 16.5 Å². The quantitative estimate of drug-likeness (QED) is 0.648. The molecule has 1 aromatic rings. The molecule has 1 N–H and O–H groups in total. The number of nitrogens with zero attached hydrogens (tertiary/aromatic N) is 2. The van der Waals surface area contributed by atoms with Gasteiger partial charge in [0, 0.05) is 25.0 Å². The zero-order valence-electron chi connectivity index (χ0n) is 12.3. The maximum absolute atomic E-state index is 12.1. The number of benzene rings is 1. The molecule has 0 unspecified atom stereocenters. The Bertz CT molecular complexity index is 575. The number of methoxy groups -OCH3 is 1. The lowest BCUT2D eigenvalue weighted by atomic mass is 10.2. The number of nitrogens with one attached hydrogen (secondary N) is 1. The summed E-state index contributed by atoms with van der Waals surface area (Å²) in [5.74, 6) is 0.0551. The van der Waals surface area contributed by atoms with E-state index in [4.69, 9.17) is 21.6 Å². The highest BCUT2D eigenvalue weighted by Crippen LogP contribution is 2.27. The molecule has 0 saturated heterocycles. The summed E-state index contributed by atoms with van der Waals surface area (Å²) in [5, 5.41) is 12.1. The van der Waals surface area contributed by atoms with E-state index in [9.17, 15) is 4.79 Å². The van der Waals surface area contributed by atoms with Crippen molar-refractivity contribution in [1.82, 2.24) is 4.90 Å². The van der Waals surface area contributed by atoms with Gasteiger partial charge in [0.05, 0.1) is 12.1 Å². The molecule has 0 fully saturated rings. The van der Waals surface area contributed by atoms with Crippen molar-refractivity contribution in [2.45, 2.75) is 13.8 Å². The predicted molar refractivity (Wildman–Crippen MR) is 83.3 cm³/mol. The third-order valence-corrected chi connectivity index (χ3v) is 3.19. The molecule has 21 heavy (non-hydrogen) atoms. The molecule has 0 heterocycles. The largest absolute Gasteiger partial charge is 0.495 e. The predicted octanol–water partition coefficient (Wildman–Crippen LogP) is 3.04. The average Bonchev–Trinajstić information content (AvgIpc) is 2.48. The summed E-state index contributed by atoms with van der Waals surface area (Å²) in [6.07, 6.45) is 1.56. The van der Waals surface area contributed by atoms with E-state index in [1.54, 1.807) is 24.4 Å². The summed E-state index contributed by atoms with van der Waals surface area (Å²) >= 11 is 5.99. The zero-order valence-corrected chi connectivity index (χ0v) is 13.1. The van der Waals surface area contributed by atoms with E-state index < -0.39 is 5.91 Å². The Kier molecular flexibility index (Phi) is 6.57. The number of carbonyl (C=O) groups excluding carboxylic acids is 1. The van der Waals surface area contributed by atoms with E-state index in [1.807, 2.05) is 24.8 Å². The molecule has 0 aliphatic carbocycles. The average molecular weight is 308 g/mol. The van der Waals surface area contributed by atoms with Gasteiger partial charge >= 0.3 is 0 Å². The van der Waals surface area contributed by atoms with Crippen LogP contribution in [0.15, 0.2) is 30.0 Å². The van der Waals surface area contributed by atoms with Crippen LogP contribution in [0, 0.1) is 11.3 Å². The van der Waals surface area contributed by atoms with Crippen LogP contribution in [-0.4, -0.2) is 31.0 Å². The van der Waals surface area contributed by atoms with E-state index in [-0.39, 0.29) is 5.57 Å². The first-order valence-corrected chi connectivity index (χ1v) is 6.94. The van der Waals surface area contributed by atoms with Gasteiger partial charge in [0.15, 0.2) is 0 Å². The minimum Gasteiger partial charge on any atom is -0.495 e. The number of anilines is 1. The Labute approximate surface area is 129 Å². The third kappa shape index (κ3) is 4.69. The Hall–Kier alpha value is -2.19. The van der Waals surface area contributed by atoms with Gasteiger partial charge in [0.2, 0.25) is 0 Å². The van der Waals surface area contributed by atoms with Gasteiger partial charge in [0.25, 0.3) is 5.91 Å². The first-order chi connectivity index (χ1) is 10.0. The second-order valence-corrected chi connectivity index (χ2v) is 4.59. The fraction of sp³-hybridized carbons (Fsp3) is 0.333. The zero-order chi connectivity index (χ0) is 15.8. The first-order valence-electron chi connectivity index (χ1n) is 6.56. The molecule has 1 aromatic carbocycles. The van der Waals surface area contributed by atoms with Crippen LogP contribution in [0.5, 0.6) is 5.75 Å². The Morgan fingerprint density at radius 2 is 2.14 bits per heavy atom. The van der Waals surface area contributed by atoms with Crippen molar-refractivity contribution >= 4 is 23.2 Å². The summed E-state index contributed by atoms with van der Waals surface area (Å²) in [7, 11) is 1.51. The lowest BCUT2D eigenvalue weighted by Crippen LogP contribution is -2.20. The number of ether oxygens (including phenoxy) is 1. The van der Waals surface area contributed by atoms with Gasteiger partial charge < -0.3 is 15.0 Å². The number of nitriles is 1. The molecule has 0 aromatic heterocycles. The number of rotatable bonds is 6. The van der Waals surface area contributed by atoms with Crippen LogP contribution < -0.4 is 10.1 Å². The van der Waals surface area contributed by atoms with E-state index >= 15 is 0 Å². The molecule has 0 saturated carbocycles. The molecule has 0 radical (unpaired) electrons. The summed E-state index contributed by atoms with van der Waals surface area (Å²) in [6, 6.07) is 6.79. The van der Waals surface area contributed by atoms with E-state index in [1.165, 1.54) is 7.11 Å². The standard InChI is InChI=1S/C15H18ClN3O2/c1-4-19(5-2)10-11(9-17)15(20)18-12-6-7-14(21-3)13(16)8-12/h6-8,10H,4-5H2,1-3H3,(H,18,20)/b11-10-. The van der Waals surface area contributed by atoms with Crippen molar-refractivity contribution in [3.63, 3.8) is 0 Å². The van der Waals surface area contributed by atoms with Crippen molar-refractivity contribution < 1.29 is 9.53 Å². The molecule has 0 bridgehead atoms. The summed E-state index contributed by atoms with van der Waals surface area (Å²) in [4.78, 5) is 13.9. The van der Waals surface area contributed by atoms with Gasteiger partial charge in [-0.1, -0.05) is 11.6 Å². The number of hydrogen-bond acceptors (Lipinski definition) is 4. The maximum atomic E-state index is 12.1. The number of carbonyl (C=O) groups is 1. The van der Waals surface area contributed by atoms with Gasteiger partial charge in [-0.3, -0.25) is 4.79 Å². The van der Waals surface area contributed by atoms with Gasteiger partial charge in [-0.15, -0.1) is 0 Å². The second-order valence-electron chi connectivity index (χ2n) is 4.18. The lowest BCUT2D eigenvalue weighted by Gasteiger charge is -2.15. The number of amides is 1. The number of hydrogen-bond donors (Lipinski definition) is 1. The SMILES string of the molecule is CCN(/C=C(/C#N)C(=O)Nc1ccc(OC)c(Cl)c1)CC. The first kappa shape index (κ1) is 16.9. The Morgan fingerprint density at radius 1 is 1.48 bits per heavy atom. The third-order valence-electron chi connectivity index (χ3n) is 2.90. The van der Waals surface area contributed by atoms with Crippen LogP contribution in [0.1, 0.15) is 13.8 Å². The van der Waals surface area contributed by atoms with Crippen molar-refractivity contribution in [2.75, 3.05) is 25.5 Å². The van der Waals surface area contributed by atoms with E-state index in [0.717, 1.165) is 13.1 Å². The van der Waals surface area contributed by atoms with Crippen LogP contribution in [-0.2, 0) is 4.79 Å². The van der Waals surface area contributed by atoms with Crippen molar-refractivity contribution in [3.05, 3.63) is 35.0 Å². The molecule has 6 heteroatoms. The van der Waals surface area contributed by atoms with E-state index in [2.05, 4.69) is 5.32 Å². The molecular formula is C15H18ClN3O2. The van der Waals surface area contributed by atoms with Crippen molar-refractivity contribution in [3.8, 4) is 11.8 Å². The molecule has 0 atom stereocenters. The van der Waals surface area contributed by atoms with Crippen LogP contribution in [0.2, 0.25) is 5.02 Å². The Morgan fingerprint density at radius 3 is 2.62 bits per heavy atom. The van der Waals surface area contributed by atoms with Crippen LogP contribution >= 0.6 is 11.6 Å². The number of halogens is 1. The minimum atomic E-state index is -0.467. The van der Waals surface area contributed by atoms with Gasteiger partial charge in [-0.05, 0) is 32.0 Å². The van der Waals surface area contributed by atoms with Crippen molar-refractivity contribution in [1.29, 1.82) is 5.26 Å². The highest BCUT2D eigenvalue weighted by atomic mass is 35.5. The van der Waals surface area contributed by atoms with Gasteiger partial charge in [-0.2, -0.15) is 5.26 Å². The van der Waals surface area contributed by atoms with Gasteiger partial charge in [-0.25, -0.2) is 0 Å². The normalized spacial score (nSPS) is 10.7. The fourth-order valence-corrected chi connectivity index (χ4v) is 1.93. The smallest absolute Gasteiger partial charge is 0.267 e. The highest BCUT2D eigenvalue weighted by Gasteiger charge is 2.11. The van der Waals surface area contributed by atoms with Gasteiger partial charge in [0.1, 0.15) is 17.4 Å². The molecule has 1 rings (SSSR count). The summed E-state index contributed by atoms with van der Waals surface area (Å²) < 4.78 is 5.04. The van der Waals surface area contributed by atoms with Crippen molar-refractivity contribution in [2.24, 2.45) is 0 Å². The lowest BCUT2D eigenvalue weighted by molar-refractivity contribution is -0.112. The topological polar surface area (TPSA) is 65.4 Å². The van der Waals surface area contributed by atoms with Crippen LogP contribution in [0.25, 0.3) is 0 Å². The molecule has 0 aliphatic rings. The summed E-state index contributed by atoms with van der Waals surface area (Å²) in [6.45, 7) is 5.36. The molecular weight excluding hydrogens is 290 g/mol. The second kappa shape index (κ2) is 8.18. The highest BCUT2D eigenvalue weighted by molar-refractivity contribution is 6.32. The monoisotopic (exact) mass is 307 g/mol. The molecule has 5 nitrogen and oxygen atoms in total. The summed E-state index contributed by atoms with van der Waals surface area (Å²) in [5.41, 5.74) is 0.553. The van der Waals surface area contributed by atoms with Crippen LogP contribution in [0.4, 0.5) is 5.69 Å². The Balaban J connectivity index is 2.89. The molecule has 1 amide bonds. The molecule has 0 spiro atoms. The molecule has 112 valence electrons. The fourth-order valence-electron chi connectivity index (χ4n) is 1.67. The molecule has 0 aliphatic heterocycles. The maximum Gasteiger partial charge on any atom is 0.267 e. The minimum absolute atomic E-state index is 0.0469. The van der Waals surface area contributed by atoms with Crippen LogP contribution in [0.3, 0.4) is 0 Å².